The molecule has 2 bridgehead atoms. The molecule has 1 aliphatic heterocycles. The zero-order valence-corrected chi connectivity index (χ0v) is 8.79. The summed E-state index contributed by atoms with van der Waals surface area (Å²) in [5.74, 6) is 1.29. The van der Waals surface area contributed by atoms with Crippen LogP contribution in [-0.4, -0.2) is 25.7 Å². The normalized spacial score (nSPS) is 36.5. The minimum absolute atomic E-state index is 0.0451. The van der Waals surface area contributed by atoms with E-state index in [0.29, 0.717) is 18.4 Å². The Morgan fingerprint density at radius 3 is 2.57 bits per heavy atom. The number of fused-ring (bicyclic) bond motifs is 2. The first-order chi connectivity index (χ1) is 6.83. The summed E-state index contributed by atoms with van der Waals surface area (Å²) in [6.07, 6.45) is 3.66. The van der Waals surface area contributed by atoms with Gasteiger partial charge < -0.3 is 10.1 Å². The van der Waals surface area contributed by atoms with E-state index in [1.54, 1.807) is 0 Å². The fourth-order valence-corrected chi connectivity index (χ4v) is 2.92. The van der Waals surface area contributed by atoms with Crippen LogP contribution in [0.25, 0.3) is 0 Å². The van der Waals surface area contributed by atoms with Gasteiger partial charge in [0.1, 0.15) is 0 Å². The largest absolute Gasteiger partial charge is 0.466 e. The van der Waals surface area contributed by atoms with E-state index in [1.807, 2.05) is 6.92 Å². The topological polar surface area (TPSA) is 38.3 Å². The van der Waals surface area contributed by atoms with E-state index < -0.39 is 0 Å². The minimum Gasteiger partial charge on any atom is -0.466 e. The molecule has 3 heteroatoms. The van der Waals surface area contributed by atoms with E-state index in [4.69, 9.17) is 4.74 Å². The molecule has 1 saturated heterocycles. The van der Waals surface area contributed by atoms with Crippen LogP contribution in [0, 0.1) is 17.8 Å². The zero-order valence-electron chi connectivity index (χ0n) is 8.79. The van der Waals surface area contributed by atoms with Gasteiger partial charge in [0, 0.05) is 0 Å². The van der Waals surface area contributed by atoms with Crippen molar-refractivity contribution in [3.63, 3.8) is 0 Å². The summed E-state index contributed by atoms with van der Waals surface area (Å²) >= 11 is 0. The van der Waals surface area contributed by atoms with Gasteiger partial charge in [0.25, 0.3) is 0 Å². The number of hydrogen-bond acceptors (Lipinski definition) is 3. The van der Waals surface area contributed by atoms with Crippen LogP contribution >= 0.6 is 0 Å². The van der Waals surface area contributed by atoms with Gasteiger partial charge in [-0.15, -0.1) is 0 Å². The summed E-state index contributed by atoms with van der Waals surface area (Å²) in [4.78, 5) is 11.8. The monoisotopic (exact) mass is 197 g/mol. The molecule has 2 unspecified atom stereocenters. The summed E-state index contributed by atoms with van der Waals surface area (Å²) in [5.41, 5.74) is 0. The van der Waals surface area contributed by atoms with E-state index in [-0.39, 0.29) is 11.9 Å². The fraction of sp³-hybridized carbons (Fsp3) is 0.909. The van der Waals surface area contributed by atoms with Gasteiger partial charge in [-0.1, -0.05) is 6.42 Å². The maximum Gasteiger partial charge on any atom is 0.309 e. The molecule has 0 radical (unpaired) electrons. The molecule has 80 valence electrons. The van der Waals surface area contributed by atoms with Gasteiger partial charge in [-0.2, -0.15) is 0 Å². The Labute approximate surface area is 85.2 Å². The van der Waals surface area contributed by atoms with Gasteiger partial charge >= 0.3 is 5.97 Å². The van der Waals surface area contributed by atoms with Crippen LogP contribution in [0.3, 0.4) is 0 Å². The molecule has 14 heavy (non-hydrogen) atoms. The predicted octanol–water partition coefficient (Wildman–Crippen LogP) is 1.19. The number of rotatable bonds is 2. The van der Waals surface area contributed by atoms with Gasteiger partial charge in [-0.05, 0) is 44.7 Å². The standard InChI is InChI=1S/C11H19NO2/c1-2-14-11(13)10-8-4-3-5-9(10)7-12-6-8/h8-10,12H,2-7H2,1H3. The molecule has 0 amide bonds. The highest BCUT2D eigenvalue weighted by Crippen LogP contribution is 2.37. The summed E-state index contributed by atoms with van der Waals surface area (Å²) in [7, 11) is 0. The van der Waals surface area contributed by atoms with E-state index in [2.05, 4.69) is 5.32 Å². The first-order valence-corrected chi connectivity index (χ1v) is 5.70. The van der Waals surface area contributed by atoms with Crippen molar-refractivity contribution in [3.05, 3.63) is 0 Å². The number of piperidine rings is 1. The lowest BCUT2D eigenvalue weighted by Crippen LogP contribution is -2.49. The quantitative estimate of drug-likeness (QED) is 0.676. The number of nitrogens with one attached hydrogen (secondary N) is 1. The van der Waals surface area contributed by atoms with E-state index >= 15 is 0 Å². The van der Waals surface area contributed by atoms with Crippen LogP contribution in [0.15, 0.2) is 0 Å². The second kappa shape index (κ2) is 4.30. The molecule has 2 atom stereocenters. The van der Waals surface area contributed by atoms with Gasteiger partial charge in [-0.3, -0.25) is 4.79 Å². The molecule has 1 heterocycles. The second-order valence-corrected chi connectivity index (χ2v) is 4.39. The summed E-state index contributed by atoms with van der Waals surface area (Å²) < 4.78 is 5.15. The maximum atomic E-state index is 11.8. The highest BCUT2D eigenvalue weighted by molar-refractivity contribution is 5.73. The summed E-state index contributed by atoms with van der Waals surface area (Å²) in [5, 5.41) is 3.41. The summed E-state index contributed by atoms with van der Waals surface area (Å²) in [6.45, 7) is 4.40. The average molecular weight is 197 g/mol. The lowest BCUT2D eigenvalue weighted by atomic mass is 9.69. The van der Waals surface area contributed by atoms with Crippen molar-refractivity contribution < 1.29 is 9.53 Å². The second-order valence-electron chi connectivity index (χ2n) is 4.39. The third kappa shape index (κ3) is 1.78. The third-order valence-electron chi connectivity index (χ3n) is 3.54. The van der Waals surface area contributed by atoms with Crippen LogP contribution in [0.1, 0.15) is 26.2 Å². The molecule has 0 aromatic heterocycles. The number of esters is 1. The molecule has 1 saturated carbocycles. The molecular weight excluding hydrogens is 178 g/mol. The summed E-state index contributed by atoms with van der Waals surface area (Å²) in [6, 6.07) is 0. The van der Waals surface area contributed by atoms with Gasteiger partial charge in [0.15, 0.2) is 0 Å². The third-order valence-corrected chi connectivity index (χ3v) is 3.54. The molecular formula is C11H19NO2. The number of carbonyl (C=O) groups excluding carboxylic acids is 1. The molecule has 0 aromatic rings. The van der Waals surface area contributed by atoms with Gasteiger partial charge in [-0.25, -0.2) is 0 Å². The minimum atomic E-state index is 0.0451. The number of ether oxygens (including phenoxy) is 1. The zero-order chi connectivity index (χ0) is 9.97. The average Bonchev–Trinajstić information content (AvgIpc) is 2.17. The fourth-order valence-electron chi connectivity index (χ4n) is 2.92. The molecule has 1 N–H and O–H groups in total. The van der Waals surface area contributed by atoms with Crippen molar-refractivity contribution in [2.75, 3.05) is 19.7 Å². The van der Waals surface area contributed by atoms with Crippen molar-refractivity contribution in [2.24, 2.45) is 17.8 Å². The SMILES string of the molecule is CCOC(=O)C1C2CCCC1CNC2. The molecule has 1 aliphatic carbocycles. The molecule has 0 aromatic carbocycles. The highest BCUT2D eigenvalue weighted by atomic mass is 16.5. The lowest BCUT2D eigenvalue weighted by Gasteiger charge is -2.41. The smallest absolute Gasteiger partial charge is 0.309 e. The Morgan fingerprint density at radius 1 is 1.36 bits per heavy atom. The Morgan fingerprint density at radius 2 is 2.00 bits per heavy atom. The van der Waals surface area contributed by atoms with Crippen LogP contribution in [0.4, 0.5) is 0 Å². The molecule has 3 nitrogen and oxygen atoms in total. The van der Waals surface area contributed by atoms with Crippen molar-refractivity contribution in [3.8, 4) is 0 Å². The Bertz CT molecular complexity index is 195. The maximum absolute atomic E-state index is 11.8. The van der Waals surface area contributed by atoms with Crippen molar-refractivity contribution in [1.29, 1.82) is 0 Å². The number of carbonyl (C=O) groups is 1. The van der Waals surface area contributed by atoms with Crippen molar-refractivity contribution >= 4 is 5.97 Å². The van der Waals surface area contributed by atoms with E-state index in [9.17, 15) is 4.79 Å². The molecule has 2 aliphatic rings. The number of hydrogen-bond donors (Lipinski definition) is 1. The predicted molar refractivity (Wildman–Crippen MR) is 53.8 cm³/mol. The van der Waals surface area contributed by atoms with E-state index in [1.165, 1.54) is 19.3 Å². The van der Waals surface area contributed by atoms with Crippen LogP contribution in [0.5, 0.6) is 0 Å². The Hall–Kier alpha value is -0.570. The Balaban J connectivity index is 2.04. The molecule has 2 fully saturated rings. The van der Waals surface area contributed by atoms with Gasteiger partial charge in [0.05, 0.1) is 12.5 Å². The molecule has 2 rings (SSSR count). The first-order valence-electron chi connectivity index (χ1n) is 5.70. The van der Waals surface area contributed by atoms with Gasteiger partial charge in [0.2, 0.25) is 0 Å². The Kier molecular flexibility index (Phi) is 3.06. The lowest BCUT2D eigenvalue weighted by molar-refractivity contribution is -0.155. The first kappa shape index (κ1) is 9.97. The molecule has 0 spiro atoms. The van der Waals surface area contributed by atoms with E-state index in [0.717, 1.165) is 13.1 Å². The van der Waals surface area contributed by atoms with Crippen LogP contribution in [0.2, 0.25) is 0 Å². The van der Waals surface area contributed by atoms with Crippen molar-refractivity contribution in [1.82, 2.24) is 5.32 Å². The van der Waals surface area contributed by atoms with Crippen molar-refractivity contribution in [2.45, 2.75) is 26.2 Å². The highest BCUT2D eigenvalue weighted by Gasteiger charge is 2.41. The van der Waals surface area contributed by atoms with Crippen LogP contribution < -0.4 is 5.32 Å². The van der Waals surface area contributed by atoms with Crippen LogP contribution in [-0.2, 0) is 9.53 Å².